The van der Waals surface area contributed by atoms with Crippen LogP contribution in [0.15, 0.2) is 30.5 Å². The number of hydrogen-bond acceptors (Lipinski definition) is 6. The lowest BCUT2D eigenvalue weighted by Crippen LogP contribution is -2.23. The van der Waals surface area contributed by atoms with E-state index in [2.05, 4.69) is 9.82 Å². The van der Waals surface area contributed by atoms with Gasteiger partial charge in [0.15, 0.2) is 11.4 Å². The highest BCUT2D eigenvalue weighted by Gasteiger charge is 2.23. The van der Waals surface area contributed by atoms with Crippen LogP contribution >= 0.6 is 0 Å². The normalized spacial score (nSPS) is 12.0. The minimum Gasteiger partial charge on any atom is -0.505 e. The minimum atomic E-state index is -1.25. The van der Waals surface area contributed by atoms with Gasteiger partial charge in [0.25, 0.3) is 5.91 Å². The van der Waals surface area contributed by atoms with Gasteiger partial charge in [0.2, 0.25) is 0 Å². The third kappa shape index (κ3) is 3.45. The Balaban J connectivity index is 2.45. The van der Waals surface area contributed by atoms with Crippen molar-refractivity contribution in [3.63, 3.8) is 0 Å². The molecule has 0 fully saturated rings. The molecule has 8 heteroatoms. The zero-order valence-corrected chi connectivity index (χ0v) is 12.2. The van der Waals surface area contributed by atoms with E-state index in [1.54, 1.807) is 0 Å². The summed E-state index contributed by atoms with van der Waals surface area (Å²) in [7, 11) is 1.22. The zero-order chi connectivity index (χ0) is 17.0. The monoisotopic (exact) mass is 322 g/mol. The van der Waals surface area contributed by atoms with Crippen LogP contribution in [0.2, 0.25) is 0 Å². The van der Waals surface area contributed by atoms with Gasteiger partial charge < -0.3 is 15.3 Å². The molecule has 0 saturated carbocycles. The molecule has 2 rings (SSSR count). The number of amides is 1. The molecular weight excluding hydrogens is 307 g/mol. The van der Waals surface area contributed by atoms with E-state index in [0.717, 1.165) is 6.20 Å². The Labute approximate surface area is 130 Å². The Morgan fingerprint density at radius 3 is 2.61 bits per heavy atom. The summed E-state index contributed by atoms with van der Waals surface area (Å²) >= 11 is 0. The Kier molecular flexibility index (Phi) is 5.22. The smallest absolute Gasteiger partial charge is 0.297 e. The molecule has 0 saturated heterocycles. The molecule has 7 nitrogen and oxygen atoms in total. The van der Waals surface area contributed by atoms with Crippen LogP contribution in [-0.4, -0.2) is 33.3 Å². The molecule has 0 aliphatic carbocycles. The molecule has 1 aromatic heterocycles. The Morgan fingerprint density at radius 2 is 2.04 bits per heavy atom. The molecule has 1 unspecified atom stereocenters. The molecule has 0 radical (unpaired) electrons. The maximum Gasteiger partial charge on any atom is 0.297 e. The second kappa shape index (κ2) is 7.14. The second-order valence-corrected chi connectivity index (χ2v) is 4.64. The van der Waals surface area contributed by atoms with Crippen molar-refractivity contribution in [3.8, 4) is 5.75 Å². The van der Waals surface area contributed by atoms with E-state index >= 15 is 0 Å². The lowest BCUT2D eigenvalue weighted by molar-refractivity contribution is 0.0529. The van der Waals surface area contributed by atoms with Crippen LogP contribution in [0.1, 0.15) is 33.3 Å². The summed E-state index contributed by atoms with van der Waals surface area (Å²) in [5.74, 6) is -1.83. The molecule has 1 atom stereocenters. The van der Waals surface area contributed by atoms with E-state index in [9.17, 15) is 24.5 Å². The first-order chi connectivity index (χ1) is 11.0. The van der Waals surface area contributed by atoms with Crippen LogP contribution in [0.25, 0.3) is 0 Å². The molecule has 0 spiro atoms. The van der Waals surface area contributed by atoms with Gasteiger partial charge in [-0.15, -0.1) is 0 Å². The van der Waals surface area contributed by atoms with Gasteiger partial charge in [0.05, 0.1) is 13.7 Å². The number of aromatic hydroxyl groups is 1. The van der Waals surface area contributed by atoms with Crippen molar-refractivity contribution >= 4 is 5.91 Å². The number of carbonyl (C=O) groups excluding carboxylic acids is 1. The first-order valence-electron chi connectivity index (χ1n) is 6.58. The van der Waals surface area contributed by atoms with Crippen molar-refractivity contribution in [1.82, 2.24) is 10.5 Å². The van der Waals surface area contributed by atoms with E-state index in [1.807, 2.05) is 5.48 Å². The fourth-order valence-electron chi connectivity index (χ4n) is 2.09. The van der Waals surface area contributed by atoms with Gasteiger partial charge in [-0.05, 0) is 17.7 Å². The predicted octanol–water partition coefficient (Wildman–Crippen LogP) is 0.791. The number of pyridine rings is 1. The highest BCUT2D eigenvalue weighted by Crippen LogP contribution is 2.31. The molecule has 0 aliphatic rings. The van der Waals surface area contributed by atoms with Crippen molar-refractivity contribution in [2.24, 2.45) is 0 Å². The van der Waals surface area contributed by atoms with Gasteiger partial charge >= 0.3 is 0 Å². The van der Waals surface area contributed by atoms with E-state index in [0.29, 0.717) is 5.56 Å². The number of aliphatic hydroxyl groups excluding tert-OH is 2. The van der Waals surface area contributed by atoms with Crippen LogP contribution in [0.5, 0.6) is 5.75 Å². The molecule has 0 bridgehead atoms. The van der Waals surface area contributed by atoms with Gasteiger partial charge in [-0.2, -0.15) is 0 Å². The zero-order valence-electron chi connectivity index (χ0n) is 12.2. The van der Waals surface area contributed by atoms with Crippen molar-refractivity contribution in [2.75, 3.05) is 7.11 Å². The summed E-state index contributed by atoms with van der Waals surface area (Å²) in [4.78, 5) is 19.9. The number of halogens is 1. The lowest BCUT2D eigenvalue weighted by atomic mass is 9.97. The van der Waals surface area contributed by atoms with Crippen LogP contribution in [-0.2, 0) is 11.4 Å². The number of hydrogen-bond donors (Lipinski definition) is 4. The van der Waals surface area contributed by atoms with E-state index < -0.39 is 30.2 Å². The van der Waals surface area contributed by atoms with Gasteiger partial charge in [-0.3, -0.25) is 9.63 Å². The summed E-state index contributed by atoms with van der Waals surface area (Å²) < 4.78 is 12.9. The summed E-state index contributed by atoms with van der Waals surface area (Å²) in [5.41, 5.74) is 2.03. The Morgan fingerprint density at radius 1 is 1.39 bits per heavy atom. The number of benzene rings is 1. The Hall–Kier alpha value is -2.55. The third-order valence-electron chi connectivity index (χ3n) is 3.24. The topological polar surface area (TPSA) is 112 Å². The average molecular weight is 322 g/mol. The van der Waals surface area contributed by atoms with Gasteiger partial charge in [0.1, 0.15) is 11.9 Å². The number of aliphatic hydroxyl groups is 2. The molecule has 1 aromatic carbocycles. The summed E-state index contributed by atoms with van der Waals surface area (Å²) in [5, 5.41) is 29.9. The average Bonchev–Trinajstić information content (AvgIpc) is 2.54. The van der Waals surface area contributed by atoms with Gasteiger partial charge in [-0.1, -0.05) is 12.1 Å². The van der Waals surface area contributed by atoms with Crippen LogP contribution < -0.4 is 5.48 Å². The van der Waals surface area contributed by atoms with Crippen molar-refractivity contribution < 1.29 is 29.3 Å². The molecule has 23 heavy (non-hydrogen) atoms. The number of aromatic nitrogens is 1. The molecular formula is C15H15FN2O5. The van der Waals surface area contributed by atoms with E-state index in [4.69, 9.17) is 0 Å². The second-order valence-electron chi connectivity index (χ2n) is 4.64. The highest BCUT2D eigenvalue weighted by atomic mass is 19.1. The minimum absolute atomic E-state index is 0.0573. The number of hydroxylamine groups is 1. The largest absolute Gasteiger partial charge is 0.505 e. The lowest BCUT2D eigenvalue weighted by Gasteiger charge is -2.17. The number of carbonyl (C=O) groups is 1. The van der Waals surface area contributed by atoms with Gasteiger partial charge in [0, 0.05) is 17.3 Å². The third-order valence-corrected chi connectivity index (χ3v) is 3.24. The quantitative estimate of drug-likeness (QED) is 0.606. The first kappa shape index (κ1) is 16.8. The standard InChI is InChI=1S/C15H15FN2O5/c1-23-18-15(22)12-14(21)11(7-19)10(6-17-12)13(20)8-2-4-9(16)5-3-8/h2-6,13,19-21H,7H2,1H3,(H,18,22). The molecule has 122 valence electrons. The number of nitrogens with zero attached hydrogens (tertiary/aromatic N) is 1. The molecule has 4 N–H and O–H groups in total. The maximum atomic E-state index is 12.9. The summed E-state index contributed by atoms with van der Waals surface area (Å²) in [6.45, 7) is -0.630. The van der Waals surface area contributed by atoms with Crippen LogP contribution in [0.3, 0.4) is 0 Å². The number of nitrogens with one attached hydrogen (secondary N) is 1. The summed E-state index contributed by atoms with van der Waals surface area (Å²) in [6.07, 6.45) is -0.0974. The van der Waals surface area contributed by atoms with Gasteiger partial charge in [-0.25, -0.2) is 14.9 Å². The number of rotatable bonds is 5. The van der Waals surface area contributed by atoms with Crippen molar-refractivity contribution in [1.29, 1.82) is 0 Å². The van der Waals surface area contributed by atoms with Crippen LogP contribution in [0, 0.1) is 5.82 Å². The Bertz CT molecular complexity index is 706. The van der Waals surface area contributed by atoms with Crippen molar-refractivity contribution in [2.45, 2.75) is 12.7 Å². The SMILES string of the molecule is CONC(=O)c1ncc(C(O)c2ccc(F)cc2)c(CO)c1O. The fourth-order valence-corrected chi connectivity index (χ4v) is 2.09. The maximum absolute atomic E-state index is 12.9. The predicted molar refractivity (Wildman–Crippen MR) is 76.8 cm³/mol. The highest BCUT2D eigenvalue weighted by molar-refractivity contribution is 5.94. The van der Waals surface area contributed by atoms with E-state index in [1.165, 1.54) is 31.4 Å². The first-order valence-corrected chi connectivity index (χ1v) is 6.58. The van der Waals surface area contributed by atoms with E-state index in [-0.39, 0.29) is 16.8 Å². The molecule has 1 heterocycles. The fraction of sp³-hybridized carbons (Fsp3) is 0.200. The van der Waals surface area contributed by atoms with Crippen molar-refractivity contribution in [3.05, 3.63) is 58.7 Å². The summed E-state index contributed by atoms with van der Waals surface area (Å²) in [6, 6.07) is 5.07. The van der Waals surface area contributed by atoms with Crippen LogP contribution in [0.4, 0.5) is 4.39 Å². The molecule has 0 aliphatic heterocycles. The molecule has 2 aromatic rings. The molecule has 1 amide bonds.